The van der Waals surface area contributed by atoms with Crippen LogP contribution in [-0.4, -0.2) is 42.4 Å². The molecule has 0 aliphatic heterocycles. The van der Waals surface area contributed by atoms with Gasteiger partial charge in [0.15, 0.2) is 17.3 Å². The predicted molar refractivity (Wildman–Crippen MR) is 131 cm³/mol. The Morgan fingerprint density at radius 3 is 2.21 bits per heavy atom. The van der Waals surface area contributed by atoms with Gasteiger partial charge in [-0.1, -0.05) is 54.2 Å². The lowest BCUT2D eigenvalue weighted by molar-refractivity contribution is 0.324. The summed E-state index contributed by atoms with van der Waals surface area (Å²) in [4.78, 5) is 0. The van der Waals surface area contributed by atoms with Crippen LogP contribution in [0.1, 0.15) is 11.1 Å². The molecule has 0 bridgehead atoms. The Labute approximate surface area is 201 Å². The zero-order valence-corrected chi connectivity index (χ0v) is 19.8. The molecule has 4 aromatic rings. The topological polar surface area (TPSA) is 70.8 Å². The van der Waals surface area contributed by atoms with Gasteiger partial charge in [-0.05, 0) is 35.4 Å². The fourth-order valence-corrected chi connectivity index (χ4v) is 4.08. The second-order valence-electron chi connectivity index (χ2n) is 7.10. The standard InChI is InChI=1S/C25H23FN4O3S/c1-31-21-13-19(14-22(32-2)23(21)33-3)24-28-29-25(34-16-18-9-11-20(26)12-10-18)30(24)27-15-17-7-5-4-6-8-17/h4-15H,16H2,1-3H3/b27-15+. The van der Waals surface area contributed by atoms with Crippen LogP contribution in [0.25, 0.3) is 11.4 Å². The van der Waals surface area contributed by atoms with Gasteiger partial charge in [-0.15, -0.1) is 10.2 Å². The van der Waals surface area contributed by atoms with Gasteiger partial charge in [-0.25, -0.2) is 4.39 Å². The van der Waals surface area contributed by atoms with Crippen LogP contribution in [0, 0.1) is 5.82 Å². The Morgan fingerprint density at radius 1 is 0.912 bits per heavy atom. The third kappa shape index (κ3) is 5.20. The largest absolute Gasteiger partial charge is 0.493 e. The summed E-state index contributed by atoms with van der Waals surface area (Å²) < 4.78 is 31.4. The zero-order chi connectivity index (χ0) is 23.9. The van der Waals surface area contributed by atoms with E-state index in [4.69, 9.17) is 14.2 Å². The van der Waals surface area contributed by atoms with Crippen molar-refractivity contribution in [3.63, 3.8) is 0 Å². The van der Waals surface area contributed by atoms with Crippen LogP contribution in [0.2, 0.25) is 0 Å². The molecule has 0 fully saturated rings. The predicted octanol–water partition coefficient (Wildman–Crippen LogP) is 5.28. The van der Waals surface area contributed by atoms with E-state index in [0.29, 0.717) is 39.5 Å². The molecule has 34 heavy (non-hydrogen) atoms. The van der Waals surface area contributed by atoms with Gasteiger partial charge in [0, 0.05) is 11.3 Å². The van der Waals surface area contributed by atoms with Gasteiger partial charge >= 0.3 is 0 Å². The number of benzene rings is 3. The molecular weight excluding hydrogens is 455 g/mol. The van der Waals surface area contributed by atoms with Crippen molar-refractivity contribution in [3.05, 3.63) is 83.7 Å². The van der Waals surface area contributed by atoms with E-state index in [9.17, 15) is 4.39 Å². The number of aromatic nitrogens is 3. The number of methoxy groups -OCH3 is 3. The van der Waals surface area contributed by atoms with Crippen molar-refractivity contribution in [1.82, 2.24) is 14.9 Å². The van der Waals surface area contributed by atoms with Crippen molar-refractivity contribution >= 4 is 18.0 Å². The van der Waals surface area contributed by atoms with Gasteiger partial charge in [0.25, 0.3) is 0 Å². The van der Waals surface area contributed by atoms with Crippen molar-refractivity contribution < 1.29 is 18.6 Å². The first-order valence-electron chi connectivity index (χ1n) is 10.4. The number of nitrogens with zero attached hydrogens (tertiary/aromatic N) is 4. The first-order chi connectivity index (χ1) is 16.6. The van der Waals surface area contributed by atoms with Crippen LogP contribution >= 0.6 is 11.8 Å². The molecule has 4 rings (SSSR count). The maximum Gasteiger partial charge on any atom is 0.212 e. The number of halogens is 1. The molecule has 0 spiro atoms. The molecule has 0 aliphatic carbocycles. The Hall–Kier alpha value is -3.85. The second kappa shape index (κ2) is 10.8. The lowest BCUT2D eigenvalue weighted by atomic mass is 10.1. The third-order valence-electron chi connectivity index (χ3n) is 4.94. The summed E-state index contributed by atoms with van der Waals surface area (Å²) in [5, 5.41) is 14.0. The zero-order valence-electron chi connectivity index (χ0n) is 18.9. The Balaban J connectivity index is 1.75. The van der Waals surface area contributed by atoms with E-state index in [0.717, 1.165) is 11.1 Å². The molecular formula is C25H23FN4O3S. The fraction of sp³-hybridized carbons (Fsp3) is 0.160. The minimum Gasteiger partial charge on any atom is -0.493 e. The molecule has 0 saturated heterocycles. The van der Waals surface area contributed by atoms with Crippen LogP contribution in [-0.2, 0) is 5.75 Å². The number of hydrogen-bond acceptors (Lipinski definition) is 7. The molecule has 9 heteroatoms. The summed E-state index contributed by atoms with van der Waals surface area (Å²) in [5.41, 5.74) is 2.59. The summed E-state index contributed by atoms with van der Waals surface area (Å²) >= 11 is 1.45. The van der Waals surface area contributed by atoms with Crippen molar-refractivity contribution in [3.8, 4) is 28.6 Å². The maximum atomic E-state index is 13.3. The molecule has 0 amide bonds. The average Bonchev–Trinajstić information content (AvgIpc) is 3.29. The van der Waals surface area contributed by atoms with Gasteiger partial charge in [0.2, 0.25) is 10.9 Å². The van der Waals surface area contributed by atoms with Gasteiger partial charge < -0.3 is 14.2 Å². The Kier molecular flexibility index (Phi) is 7.44. The smallest absolute Gasteiger partial charge is 0.212 e. The molecule has 174 valence electrons. The van der Waals surface area contributed by atoms with E-state index in [1.165, 1.54) is 23.9 Å². The lowest BCUT2D eigenvalue weighted by Crippen LogP contribution is -2.00. The SMILES string of the molecule is COc1cc(-c2nnc(SCc3ccc(F)cc3)n2/N=C/c2ccccc2)cc(OC)c1OC. The van der Waals surface area contributed by atoms with E-state index in [2.05, 4.69) is 15.3 Å². The first-order valence-corrected chi connectivity index (χ1v) is 11.3. The highest BCUT2D eigenvalue weighted by molar-refractivity contribution is 7.98. The van der Waals surface area contributed by atoms with Crippen molar-refractivity contribution in [2.75, 3.05) is 21.3 Å². The van der Waals surface area contributed by atoms with Crippen LogP contribution in [0.5, 0.6) is 17.2 Å². The van der Waals surface area contributed by atoms with E-state index in [1.54, 1.807) is 56.5 Å². The van der Waals surface area contributed by atoms with E-state index in [-0.39, 0.29) is 5.82 Å². The maximum absolute atomic E-state index is 13.3. The molecule has 0 radical (unpaired) electrons. The molecule has 0 aliphatic rings. The fourth-order valence-electron chi connectivity index (χ4n) is 3.24. The second-order valence-corrected chi connectivity index (χ2v) is 8.04. The van der Waals surface area contributed by atoms with Crippen molar-refractivity contribution in [2.24, 2.45) is 5.10 Å². The molecule has 3 aromatic carbocycles. The molecule has 7 nitrogen and oxygen atoms in total. The monoisotopic (exact) mass is 478 g/mol. The van der Waals surface area contributed by atoms with E-state index in [1.807, 2.05) is 30.3 Å². The Bertz CT molecular complexity index is 1250. The lowest BCUT2D eigenvalue weighted by Gasteiger charge is -2.14. The van der Waals surface area contributed by atoms with Gasteiger partial charge in [-0.3, -0.25) is 0 Å². The number of rotatable bonds is 9. The summed E-state index contributed by atoms with van der Waals surface area (Å²) in [7, 11) is 4.67. The minimum atomic E-state index is -0.269. The quantitative estimate of drug-likeness (QED) is 0.241. The molecule has 0 unspecified atom stereocenters. The van der Waals surface area contributed by atoms with Gasteiger partial charge in [-0.2, -0.15) is 9.78 Å². The van der Waals surface area contributed by atoms with Gasteiger partial charge in [0.1, 0.15) is 5.82 Å². The van der Waals surface area contributed by atoms with Crippen LogP contribution in [0.3, 0.4) is 0 Å². The molecule has 0 saturated carbocycles. The molecule has 1 aromatic heterocycles. The van der Waals surface area contributed by atoms with Crippen molar-refractivity contribution in [1.29, 1.82) is 0 Å². The minimum absolute atomic E-state index is 0.269. The summed E-state index contributed by atoms with van der Waals surface area (Å²) in [6.45, 7) is 0. The van der Waals surface area contributed by atoms with Crippen molar-refractivity contribution in [2.45, 2.75) is 10.9 Å². The Morgan fingerprint density at radius 2 is 1.59 bits per heavy atom. The normalized spacial score (nSPS) is 11.1. The van der Waals surface area contributed by atoms with Gasteiger partial charge in [0.05, 0.1) is 27.5 Å². The molecule has 0 atom stereocenters. The average molecular weight is 479 g/mol. The van der Waals surface area contributed by atoms with Crippen LogP contribution in [0.15, 0.2) is 77.0 Å². The molecule has 1 heterocycles. The third-order valence-corrected chi connectivity index (χ3v) is 5.93. The highest BCUT2D eigenvalue weighted by Crippen LogP contribution is 2.41. The summed E-state index contributed by atoms with van der Waals surface area (Å²) in [6.07, 6.45) is 1.74. The summed E-state index contributed by atoms with van der Waals surface area (Å²) in [5.74, 6) is 2.30. The van der Waals surface area contributed by atoms with E-state index < -0.39 is 0 Å². The first kappa shape index (κ1) is 23.3. The number of hydrogen-bond donors (Lipinski definition) is 0. The highest BCUT2D eigenvalue weighted by atomic mass is 32.2. The number of ether oxygens (including phenoxy) is 3. The summed E-state index contributed by atoms with van der Waals surface area (Å²) in [6, 6.07) is 19.7. The van der Waals surface area contributed by atoms with E-state index >= 15 is 0 Å². The highest BCUT2D eigenvalue weighted by Gasteiger charge is 2.20. The van der Waals surface area contributed by atoms with Crippen LogP contribution < -0.4 is 14.2 Å². The van der Waals surface area contributed by atoms with Crippen LogP contribution in [0.4, 0.5) is 4.39 Å². The number of thioether (sulfide) groups is 1. The molecule has 0 N–H and O–H groups in total.